The van der Waals surface area contributed by atoms with Crippen LogP contribution < -0.4 is 10.0 Å². The molecule has 0 radical (unpaired) electrons. The first-order valence-corrected chi connectivity index (χ1v) is 10.9. The summed E-state index contributed by atoms with van der Waals surface area (Å²) in [5.41, 5.74) is 2.50. The highest BCUT2D eigenvalue weighted by Gasteiger charge is 2.18. The molecule has 4 rings (SSSR count). The Morgan fingerprint density at radius 1 is 0.968 bits per heavy atom. The van der Waals surface area contributed by atoms with Gasteiger partial charge in [0.15, 0.2) is 0 Å². The fourth-order valence-electron chi connectivity index (χ4n) is 3.11. The van der Waals surface area contributed by atoms with E-state index in [9.17, 15) is 17.6 Å². The van der Waals surface area contributed by atoms with Gasteiger partial charge in [0, 0.05) is 11.4 Å². The summed E-state index contributed by atoms with van der Waals surface area (Å²) in [6.07, 6.45) is 1.63. The topological polar surface area (TPSA) is 93.1 Å². The van der Waals surface area contributed by atoms with Crippen LogP contribution in [0.15, 0.2) is 84.0 Å². The van der Waals surface area contributed by atoms with Gasteiger partial charge >= 0.3 is 0 Å². The molecule has 1 amide bonds. The van der Waals surface area contributed by atoms with Gasteiger partial charge in [-0.3, -0.25) is 9.52 Å². The number of fused-ring (bicyclic) bond motifs is 1. The molecule has 0 aliphatic carbocycles. The number of carbonyl (C=O) groups is 1. The molecule has 0 saturated heterocycles. The second-order valence-electron chi connectivity index (χ2n) is 6.94. The predicted molar refractivity (Wildman–Crippen MR) is 117 cm³/mol. The standard InChI is InChI=1S/C22H19FN4O3S/c1-15(27-14-24-20-4-2-3-5-21(20)27)22(28)25-17-8-10-18(11-9-17)26-31(29,30)19-12-6-16(23)7-13-19/h2-15,26H,1H3,(H,25,28). The van der Waals surface area contributed by atoms with Crippen molar-refractivity contribution in [2.75, 3.05) is 10.0 Å². The number of hydrogen-bond donors (Lipinski definition) is 2. The van der Waals surface area contributed by atoms with Crippen molar-refractivity contribution in [1.82, 2.24) is 9.55 Å². The average Bonchev–Trinajstić information content (AvgIpc) is 3.19. The fraction of sp³-hybridized carbons (Fsp3) is 0.0909. The average molecular weight is 438 g/mol. The molecule has 2 N–H and O–H groups in total. The summed E-state index contributed by atoms with van der Waals surface area (Å²) >= 11 is 0. The summed E-state index contributed by atoms with van der Waals surface area (Å²) in [5, 5.41) is 2.82. The number of halogens is 1. The maximum atomic E-state index is 13.0. The first-order valence-electron chi connectivity index (χ1n) is 9.44. The molecule has 0 spiro atoms. The highest BCUT2D eigenvalue weighted by molar-refractivity contribution is 7.92. The highest BCUT2D eigenvalue weighted by Crippen LogP contribution is 2.21. The summed E-state index contributed by atoms with van der Waals surface area (Å²) < 4.78 is 42.0. The summed E-state index contributed by atoms with van der Waals surface area (Å²) in [6.45, 7) is 1.77. The van der Waals surface area contributed by atoms with E-state index in [0.29, 0.717) is 11.4 Å². The molecule has 1 unspecified atom stereocenters. The van der Waals surface area contributed by atoms with E-state index in [1.54, 1.807) is 30.0 Å². The number of nitrogens with one attached hydrogen (secondary N) is 2. The van der Waals surface area contributed by atoms with E-state index >= 15 is 0 Å². The Kier molecular flexibility index (Phi) is 5.43. The molecule has 31 heavy (non-hydrogen) atoms. The summed E-state index contributed by atoms with van der Waals surface area (Å²) in [7, 11) is -3.84. The largest absolute Gasteiger partial charge is 0.324 e. The van der Waals surface area contributed by atoms with Crippen LogP contribution >= 0.6 is 0 Å². The molecule has 0 saturated carbocycles. The van der Waals surface area contributed by atoms with Gasteiger partial charge in [0.05, 0.1) is 22.3 Å². The van der Waals surface area contributed by atoms with E-state index in [1.165, 1.54) is 24.3 Å². The van der Waals surface area contributed by atoms with Gasteiger partial charge in [-0.25, -0.2) is 17.8 Å². The van der Waals surface area contributed by atoms with Crippen LogP contribution in [0.4, 0.5) is 15.8 Å². The Bertz CT molecular complexity index is 1330. The first-order chi connectivity index (χ1) is 14.8. The van der Waals surface area contributed by atoms with Crippen LogP contribution in [-0.4, -0.2) is 23.9 Å². The van der Waals surface area contributed by atoms with E-state index in [0.717, 1.165) is 23.2 Å². The summed E-state index contributed by atoms with van der Waals surface area (Å²) in [6, 6.07) is 17.9. The number of amides is 1. The summed E-state index contributed by atoms with van der Waals surface area (Å²) in [5.74, 6) is -0.750. The molecule has 0 aliphatic rings. The molecule has 1 atom stereocenters. The lowest BCUT2D eigenvalue weighted by Crippen LogP contribution is -2.23. The number of aromatic nitrogens is 2. The number of hydrogen-bond acceptors (Lipinski definition) is 4. The van der Waals surface area contributed by atoms with Crippen LogP contribution in [0.1, 0.15) is 13.0 Å². The van der Waals surface area contributed by atoms with Gasteiger partial charge in [0.1, 0.15) is 11.9 Å². The third-order valence-electron chi connectivity index (χ3n) is 4.81. The minimum Gasteiger partial charge on any atom is -0.324 e. The van der Waals surface area contributed by atoms with Crippen molar-refractivity contribution in [2.45, 2.75) is 17.9 Å². The molecule has 0 fully saturated rings. The lowest BCUT2D eigenvalue weighted by atomic mass is 10.2. The zero-order valence-electron chi connectivity index (χ0n) is 16.5. The third-order valence-corrected chi connectivity index (χ3v) is 6.20. The van der Waals surface area contributed by atoms with Crippen LogP contribution in [0.25, 0.3) is 11.0 Å². The molecule has 0 aliphatic heterocycles. The number of sulfonamides is 1. The zero-order valence-corrected chi connectivity index (χ0v) is 17.3. The SMILES string of the molecule is CC(C(=O)Nc1ccc(NS(=O)(=O)c2ccc(F)cc2)cc1)n1cnc2ccccc21. The fourth-order valence-corrected chi connectivity index (χ4v) is 4.17. The number of carbonyl (C=O) groups excluding carboxylic acids is 1. The third kappa shape index (κ3) is 4.41. The number of nitrogens with zero attached hydrogens (tertiary/aromatic N) is 2. The molecular formula is C22H19FN4O3S. The first kappa shape index (κ1) is 20.5. The van der Waals surface area contributed by atoms with E-state index in [1.807, 2.05) is 24.3 Å². The van der Waals surface area contributed by atoms with Gasteiger partial charge in [0.2, 0.25) is 5.91 Å². The molecule has 1 aromatic heterocycles. The van der Waals surface area contributed by atoms with Crippen molar-refractivity contribution in [1.29, 1.82) is 0 Å². The Morgan fingerprint density at radius 3 is 2.32 bits per heavy atom. The quantitative estimate of drug-likeness (QED) is 0.472. The van der Waals surface area contributed by atoms with E-state index in [2.05, 4.69) is 15.0 Å². The highest BCUT2D eigenvalue weighted by atomic mass is 32.2. The van der Waals surface area contributed by atoms with E-state index in [4.69, 9.17) is 0 Å². The van der Waals surface area contributed by atoms with Crippen LogP contribution in [0.5, 0.6) is 0 Å². The van der Waals surface area contributed by atoms with Crippen LogP contribution in [0.2, 0.25) is 0 Å². The van der Waals surface area contributed by atoms with Crippen LogP contribution in [0.3, 0.4) is 0 Å². The lowest BCUT2D eigenvalue weighted by Gasteiger charge is -2.15. The zero-order chi connectivity index (χ0) is 22.0. The minimum atomic E-state index is -3.84. The molecule has 3 aromatic carbocycles. The number of para-hydroxylation sites is 2. The molecule has 1 heterocycles. The Hall–Kier alpha value is -3.72. The monoisotopic (exact) mass is 438 g/mol. The Labute approximate surface area is 178 Å². The Balaban J connectivity index is 1.44. The van der Waals surface area contributed by atoms with Crippen LogP contribution in [0, 0.1) is 5.82 Å². The molecule has 9 heteroatoms. The number of anilines is 2. The smallest absolute Gasteiger partial charge is 0.261 e. The van der Waals surface area contributed by atoms with Gasteiger partial charge in [-0.15, -0.1) is 0 Å². The molecule has 4 aromatic rings. The molecule has 7 nitrogen and oxygen atoms in total. The molecular weight excluding hydrogens is 419 g/mol. The normalized spacial score (nSPS) is 12.5. The number of benzene rings is 3. The maximum absolute atomic E-state index is 13.0. The van der Waals surface area contributed by atoms with Crippen LogP contribution in [-0.2, 0) is 14.8 Å². The Morgan fingerprint density at radius 2 is 1.61 bits per heavy atom. The number of imidazole rings is 1. The van der Waals surface area contributed by atoms with Crippen molar-refractivity contribution >= 4 is 38.3 Å². The lowest BCUT2D eigenvalue weighted by molar-refractivity contribution is -0.118. The van der Waals surface area contributed by atoms with Crippen molar-refractivity contribution in [3.8, 4) is 0 Å². The maximum Gasteiger partial charge on any atom is 0.261 e. The second-order valence-corrected chi connectivity index (χ2v) is 8.62. The van der Waals surface area contributed by atoms with Gasteiger partial charge in [-0.1, -0.05) is 12.1 Å². The summed E-state index contributed by atoms with van der Waals surface area (Å²) in [4.78, 5) is 16.9. The molecule has 158 valence electrons. The van der Waals surface area contributed by atoms with Gasteiger partial charge in [0.25, 0.3) is 10.0 Å². The van der Waals surface area contributed by atoms with Gasteiger partial charge in [-0.2, -0.15) is 0 Å². The predicted octanol–water partition coefficient (Wildman–Crippen LogP) is 4.18. The molecule has 0 bridgehead atoms. The van der Waals surface area contributed by atoms with Crippen molar-refractivity contribution in [2.24, 2.45) is 0 Å². The van der Waals surface area contributed by atoms with Gasteiger partial charge in [-0.05, 0) is 67.6 Å². The van der Waals surface area contributed by atoms with Crippen molar-refractivity contribution in [3.05, 3.63) is 84.9 Å². The number of rotatable bonds is 6. The van der Waals surface area contributed by atoms with E-state index in [-0.39, 0.29) is 10.8 Å². The van der Waals surface area contributed by atoms with Crippen molar-refractivity contribution in [3.63, 3.8) is 0 Å². The minimum absolute atomic E-state index is 0.0485. The van der Waals surface area contributed by atoms with Gasteiger partial charge < -0.3 is 9.88 Å². The van der Waals surface area contributed by atoms with E-state index < -0.39 is 21.9 Å². The van der Waals surface area contributed by atoms with Crippen molar-refractivity contribution < 1.29 is 17.6 Å². The second kappa shape index (κ2) is 8.19.